The van der Waals surface area contributed by atoms with Crippen LogP contribution in [0.15, 0.2) is 35.1 Å². The van der Waals surface area contributed by atoms with Crippen LogP contribution in [0, 0.1) is 19.7 Å². The van der Waals surface area contributed by atoms with Crippen LogP contribution in [-0.2, 0) is 11.3 Å². The molecule has 0 spiro atoms. The Morgan fingerprint density at radius 1 is 1.31 bits per heavy atom. The quantitative estimate of drug-likeness (QED) is 0.600. The van der Waals surface area contributed by atoms with E-state index in [4.69, 9.17) is 0 Å². The first-order valence-corrected chi connectivity index (χ1v) is 8.66. The summed E-state index contributed by atoms with van der Waals surface area (Å²) < 4.78 is 16.5. The van der Waals surface area contributed by atoms with Gasteiger partial charge in [0.15, 0.2) is 0 Å². The number of carbonyl (C=O) groups excluding carboxylic acids is 1. The van der Waals surface area contributed by atoms with Gasteiger partial charge >= 0.3 is 0 Å². The van der Waals surface area contributed by atoms with E-state index in [2.05, 4.69) is 15.4 Å². The number of aromatic nitrogens is 4. The van der Waals surface area contributed by atoms with Crippen LogP contribution in [0.4, 0.5) is 10.1 Å². The van der Waals surface area contributed by atoms with E-state index in [1.165, 1.54) is 28.0 Å². The van der Waals surface area contributed by atoms with E-state index in [1.807, 2.05) is 0 Å². The highest BCUT2D eigenvalue weighted by Gasteiger charge is 2.17. The Morgan fingerprint density at radius 3 is 2.85 bits per heavy atom. The van der Waals surface area contributed by atoms with Gasteiger partial charge in [-0.2, -0.15) is 9.61 Å². The minimum atomic E-state index is -0.517. The van der Waals surface area contributed by atoms with E-state index >= 15 is 0 Å². The molecule has 9 heteroatoms. The van der Waals surface area contributed by atoms with E-state index in [9.17, 15) is 14.0 Å². The summed E-state index contributed by atoms with van der Waals surface area (Å²) in [6.45, 7) is 3.45. The lowest BCUT2D eigenvalue weighted by Crippen LogP contribution is -2.24. The number of anilines is 1. The first kappa shape index (κ1) is 16.4. The van der Waals surface area contributed by atoms with Crippen LogP contribution in [-0.4, -0.2) is 25.1 Å². The van der Waals surface area contributed by atoms with Crippen molar-refractivity contribution in [3.63, 3.8) is 0 Å². The molecule has 7 nitrogen and oxygen atoms in total. The number of nitrogens with one attached hydrogen (secondary N) is 1. The molecular formula is C17H14FN5O2S. The lowest BCUT2D eigenvalue weighted by Gasteiger charge is -2.09. The number of fused-ring (bicyclic) bond motifs is 2. The van der Waals surface area contributed by atoms with E-state index in [-0.39, 0.29) is 17.8 Å². The second kappa shape index (κ2) is 6.03. The highest BCUT2D eigenvalue weighted by Crippen LogP contribution is 2.19. The van der Waals surface area contributed by atoms with Crippen molar-refractivity contribution in [1.82, 2.24) is 19.2 Å². The maximum Gasteiger partial charge on any atom is 0.299 e. The number of rotatable bonds is 3. The normalized spacial score (nSPS) is 11.3. The van der Waals surface area contributed by atoms with Gasteiger partial charge in [-0.05, 0) is 32.0 Å². The van der Waals surface area contributed by atoms with Gasteiger partial charge < -0.3 is 9.88 Å². The zero-order valence-corrected chi connectivity index (χ0v) is 14.8. The third kappa shape index (κ3) is 2.66. The lowest BCUT2D eigenvalue weighted by molar-refractivity contribution is -0.116. The molecule has 0 fully saturated rings. The first-order chi connectivity index (χ1) is 12.4. The maximum absolute atomic E-state index is 13.7. The number of nitrogens with zero attached hydrogens (tertiary/aromatic N) is 4. The summed E-state index contributed by atoms with van der Waals surface area (Å²) >= 11 is 1.32. The fourth-order valence-corrected chi connectivity index (χ4v) is 3.59. The zero-order chi connectivity index (χ0) is 18.4. The van der Waals surface area contributed by atoms with Crippen molar-refractivity contribution in [2.24, 2.45) is 0 Å². The summed E-state index contributed by atoms with van der Waals surface area (Å²) in [5, 5.41) is 7.42. The molecule has 0 atom stereocenters. The molecule has 3 aromatic heterocycles. The van der Waals surface area contributed by atoms with E-state index < -0.39 is 11.7 Å². The molecule has 0 unspecified atom stereocenters. The first-order valence-electron chi connectivity index (χ1n) is 7.85. The van der Waals surface area contributed by atoms with Crippen LogP contribution in [0.1, 0.15) is 10.7 Å². The summed E-state index contributed by atoms with van der Waals surface area (Å²) in [4.78, 5) is 30.1. The lowest BCUT2D eigenvalue weighted by atomic mass is 10.3. The predicted octanol–water partition coefficient (Wildman–Crippen LogP) is 2.50. The van der Waals surface area contributed by atoms with Gasteiger partial charge in [0.2, 0.25) is 10.9 Å². The van der Waals surface area contributed by atoms with Gasteiger partial charge in [0, 0.05) is 5.69 Å². The number of hydrogen-bond acceptors (Lipinski definition) is 5. The van der Waals surface area contributed by atoms with Gasteiger partial charge in [-0.3, -0.25) is 9.59 Å². The van der Waals surface area contributed by atoms with E-state index in [1.54, 1.807) is 36.6 Å². The molecule has 4 rings (SSSR count). The Balaban J connectivity index is 1.75. The third-order valence-electron chi connectivity index (χ3n) is 4.01. The summed E-state index contributed by atoms with van der Waals surface area (Å²) in [7, 11) is 0. The molecule has 0 radical (unpaired) electrons. The molecule has 3 heterocycles. The summed E-state index contributed by atoms with van der Waals surface area (Å²) in [6.07, 6.45) is 0. The van der Waals surface area contributed by atoms with Gasteiger partial charge in [-0.25, -0.2) is 9.37 Å². The minimum Gasteiger partial charge on any atom is -0.330 e. The third-order valence-corrected chi connectivity index (χ3v) is 4.83. The molecule has 1 amide bonds. The standard InChI is InChI=1S/C17H14FN5O2S/c1-9-7-13-15(16(25)23-17(20-13)26-10(2)21-23)22(9)8-14(24)19-12-6-4-3-5-11(12)18/h3-7H,8H2,1-2H3,(H,19,24). The van der Waals surface area contributed by atoms with E-state index in [0.717, 1.165) is 5.01 Å². The molecule has 0 saturated carbocycles. The molecule has 132 valence electrons. The van der Waals surface area contributed by atoms with Crippen molar-refractivity contribution in [1.29, 1.82) is 0 Å². The fourth-order valence-electron chi connectivity index (χ4n) is 2.85. The molecule has 1 N–H and O–H groups in total. The van der Waals surface area contributed by atoms with Crippen LogP contribution in [0.3, 0.4) is 0 Å². The second-order valence-corrected chi connectivity index (χ2v) is 7.03. The average molecular weight is 371 g/mol. The smallest absolute Gasteiger partial charge is 0.299 e. The Hall–Kier alpha value is -3.07. The monoisotopic (exact) mass is 371 g/mol. The number of para-hydroxylation sites is 1. The fraction of sp³-hybridized carbons (Fsp3) is 0.176. The topological polar surface area (TPSA) is 81.3 Å². The average Bonchev–Trinajstić information content (AvgIpc) is 3.10. The van der Waals surface area contributed by atoms with Crippen molar-refractivity contribution in [3.8, 4) is 0 Å². The Labute approximate surface area is 150 Å². The molecule has 0 aliphatic heterocycles. The molecule has 4 aromatic rings. The number of halogens is 1. The van der Waals surface area contributed by atoms with Crippen LogP contribution >= 0.6 is 11.3 Å². The summed E-state index contributed by atoms with van der Waals surface area (Å²) in [6, 6.07) is 7.67. The molecule has 0 bridgehead atoms. The number of benzene rings is 1. The number of carbonyl (C=O) groups is 1. The van der Waals surface area contributed by atoms with Crippen LogP contribution < -0.4 is 10.9 Å². The molecule has 1 aromatic carbocycles. The van der Waals surface area contributed by atoms with Gasteiger partial charge in [0.1, 0.15) is 22.9 Å². The number of aryl methyl sites for hydroxylation is 2. The largest absolute Gasteiger partial charge is 0.330 e. The molecular weight excluding hydrogens is 357 g/mol. The van der Waals surface area contributed by atoms with Gasteiger partial charge in [0.25, 0.3) is 5.56 Å². The van der Waals surface area contributed by atoms with Gasteiger partial charge in [0.05, 0.1) is 11.2 Å². The van der Waals surface area contributed by atoms with Crippen molar-refractivity contribution in [3.05, 3.63) is 57.2 Å². The van der Waals surface area contributed by atoms with Crippen molar-refractivity contribution < 1.29 is 9.18 Å². The minimum absolute atomic E-state index is 0.0963. The maximum atomic E-state index is 13.7. The Bertz CT molecular complexity index is 1220. The highest BCUT2D eigenvalue weighted by atomic mass is 32.1. The van der Waals surface area contributed by atoms with Crippen molar-refractivity contribution in [2.75, 3.05) is 5.32 Å². The predicted molar refractivity (Wildman–Crippen MR) is 97.1 cm³/mol. The molecule has 26 heavy (non-hydrogen) atoms. The van der Waals surface area contributed by atoms with Crippen molar-refractivity contribution >= 4 is 38.9 Å². The highest BCUT2D eigenvalue weighted by molar-refractivity contribution is 7.16. The van der Waals surface area contributed by atoms with Gasteiger partial charge in [-0.15, -0.1) is 0 Å². The molecule has 0 aliphatic rings. The molecule has 0 saturated heterocycles. The van der Waals surface area contributed by atoms with Crippen LogP contribution in [0.5, 0.6) is 0 Å². The summed E-state index contributed by atoms with van der Waals surface area (Å²) in [5.41, 5.74) is 1.28. The number of hydrogen-bond donors (Lipinski definition) is 1. The van der Waals surface area contributed by atoms with Gasteiger partial charge in [-0.1, -0.05) is 23.5 Å². The molecule has 0 aliphatic carbocycles. The van der Waals surface area contributed by atoms with Crippen LogP contribution in [0.2, 0.25) is 0 Å². The Kier molecular flexibility index (Phi) is 3.80. The summed E-state index contributed by atoms with van der Waals surface area (Å²) in [5.74, 6) is -0.953. The SMILES string of the molecule is Cc1nn2c(=O)c3c(cc(C)n3CC(=O)Nc3ccccc3F)nc2s1. The second-order valence-electron chi connectivity index (χ2n) is 5.87. The van der Waals surface area contributed by atoms with E-state index in [0.29, 0.717) is 21.7 Å². The number of amides is 1. The Morgan fingerprint density at radius 2 is 2.08 bits per heavy atom. The zero-order valence-electron chi connectivity index (χ0n) is 14.0. The van der Waals surface area contributed by atoms with Crippen LogP contribution in [0.25, 0.3) is 16.0 Å². The van der Waals surface area contributed by atoms with Crippen molar-refractivity contribution in [2.45, 2.75) is 20.4 Å².